The van der Waals surface area contributed by atoms with E-state index >= 15 is 0 Å². The summed E-state index contributed by atoms with van der Waals surface area (Å²) in [5.41, 5.74) is 1.03. The van der Waals surface area contributed by atoms with Crippen LogP contribution in [-0.2, 0) is 14.6 Å². The van der Waals surface area contributed by atoms with E-state index in [1.165, 1.54) is 4.70 Å². The quantitative estimate of drug-likeness (QED) is 0.824. The number of nitrogens with zero attached hydrogens (tertiary/aromatic N) is 2. The van der Waals surface area contributed by atoms with Crippen molar-refractivity contribution in [3.63, 3.8) is 0 Å². The molecule has 0 radical (unpaired) electrons. The largest absolute Gasteiger partial charge is 0.342 e. The second-order valence-electron chi connectivity index (χ2n) is 7.17. The Morgan fingerprint density at radius 1 is 1.28 bits per heavy atom. The van der Waals surface area contributed by atoms with Crippen LogP contribution in [0.5, 0.6) is 0 Å². The molecule has 0 saturated carbocycles. The highest BCUT2D eigenvalue weighted by molar-refractivity contribution is 7.91. The van der Waals surface area contributed by atoms with E-state index < -0.39 is 9.84 Å². The van der Waals surface area contributed by atoms with Gasteiger partial charge >= 0.3 is 0 Å². The molecule has 0 bridgehead atoms. The Morgan fingerprint density at radius 2 is 2.12 bits per heavy atom. The van der Waals surface area contributed by atoms with Gasteiger partial charge in [-0.25, -0.2) is 13.4 Å². The van der Waals surface area contributed by atoms with Crippen molar-refractivity contribution in [1.29, 1.82) is 0 Å². The van der Waals surface area contributed by atoms with Gasteiger partial charge < -0.3 is 4.90 Å². The van der Waals surface area contributed by atoms with Crippen molar-refractivity contribution >= 4 is 37.3 Å². The van der Waals surface area contributed by atoms with Crippen molar-refractivity contribution < 1.29 is 13.2 Å². The maximum Gasteiger partial charge on any atom is 0.222 e. The van der Waals surface area contributed by atoms with Gasteiger partial charge in [0, 0.05) is 25.4 Å². The van der Waals surface area contributed by atoms with Crippen LogP contribution in [0, 0.1) is 5.92 Å². The Morgan fingerprint density at radius 3 is 2.88 bits per heavy atom. The zero-order valence-electron chi connectivity index (χ0n) is 14.1. The second kappa shape index (κ2) is 6.68. The lowest BCUT2D eigenvalue weighted by atomic mass is 9.97. The van der Waals surface area contributed by atoms with Gasteiger partial charge in [0.1, 0.15) is 0 Å². The third kappa shape index (κ3) is 3.72. The van der Waals surface area contributed by atoms with E-state index in [2.05, 4.69) is 6.07 Å². The molecule has 25 heavy (non-hydrogen) atoms. The van der Waals surface area contributed by atoms with E-state index in [1.54, 1.807) is 11.3 Å². The van der Waals surface area contributed by atoms with Crippen molar-refractivity contribution in [2.75, 3.05) is 24.6 Å². The molecule has 7 heteroatoms. The lowest BCUT2D eigenvalue weighted by molar-refractivity contribution is -0.133. The highest BCUT2D eigenvalue weighted by atomic mass is 32.2. The van der Waals surface area contributed by atoms with Crippen molar-refractivity contribution in [2.45, 2.75) is 31.6 Å². The monoisotopic (exact) mass is 378 g/mol. The van der Waals surface area contributed by atoms with Gasteiger partial charge in [-0.3, -0.25) is 4.79 Å². The Hall–Kier alpha value is -1.47. The maximum absolute atomic E-state index is 12.6. The summed E-state index contributed by atoms with van der Waals surface area (Å²) in [6.07, 6.45) is 3.03. The summed E-state index contributed by atoms with van der Waals surface area (Å²) in [6.45, 7) is 1.48. The summed E-state index contributed by atoms with van der Waals surface area (Å²) in [4.78, 5) is 19.3. The summed E-state index contributed by atoms with van der Waals surface area (Å²) >= 11 is 1.72. The predicted octanol–water partition coefficient (Wildman–Crippen LogP) is 2.83. The Balaban J connectivity index is 1.42. The Bertz CT molecular complexity index is 858. The molecule has 0 spiro atoms. The molecule has 134 valence electrons. The van der Waals surface area contributed by atoms with Gasteiger partial charge in [-0.2, -0.15) is 0 Å². The highest BCUT2D eigenvalue weighted by Gasteiger charge is 2.32. The molecule has 2 atom stereocenters. The Kier molecular flexibility index (Phi) is 4.54. The molecule has 0 aliphatic carbocycles. The molecule has 2 aliphatic rings. The van der Waals surface area contributed by atoms with Crippen molar-refractivity contribution in [1.82, 2.24) is 9.88 Å². The van der Waals surface area contributed by atoms with Crippen molar-refractivity contribution in [2.24, 2.45) is 5.92 Å². The molecule has 2 saturated heterocycles. The SMILES string of the molecule is O=C(C[C@@H]1CCS(=O)(=O)C1)N1CCC[C@@H](c2nc3ccccc3s2)C1. The minimum atomic E-state index is -2.92. The topological polar surface area (TPSA) is 67.3 Å². The van der Waals surface area contributed by atoms with Gasteiger partial charge in [0.15, 0.2) is 9.84 Å². The van der Waals surface area contributed by atoms with Gasteiger partial charge in [0.2, 0.25) is 5.91 Å². The lowest BCUT2D eigenvalue weighted by Crippen LogP contribution is -2.39. The number of rotatable bonds is 3. The molecule has 1 aromatic heterocycles. The zero-order valence-corrected chi connectivity index (χ0v) is 15.7. The van der Waals surface area contributed by atoms with Crippen LogP contribution < -0.4 is 0 Å². The van der Waals surface area contributed by atoms with E-state index in [0.29, 0.717) is 25.3 Å². The molecule has 2 aromatic rings. The van der Waals surface area contributed by atoms with Crippen LogP contribution in [0.4, 0.5) is 0 Å². The molecule has 0 N–H and O–H groups in total. The molecule has 1 aromatic carbocycles. The average molecular weight is 379 g/mol. The Labute approximate surface area is 152 Å². The van der Waals surface area contributed by atoms with E-state index in [-0.39, 0.29) is 23.3 Å². The van der Waals surface area contributed by atoms with Crippen LogP contribution in [0.25, 0.3) is 10.2 Å². The minimum Gasteiger partial charge on any atom is -0.342 e. The number of fused-ring (bicyclic) bond motifs is 1. The van der Waals surface area contributed by atoms with Crippen LogP contribution in [0.15, 0.2) is 24.3 Å². The first kappa shape index (κ1) is 17.0. The number of carbonyl (C=O) groups is 1. The summed E-state index contributed by atoms with van der Waals surface area (Å²) < 4.78 is 24.4. The standard InChI is InChI=1S/C18H22N2O3S2/c21-17(10-13-7-9-25(22,23)12-13)20-8-3-4-14(11-20)18-19-15-5-1-2-6-16(15)24-18/h1-2,5-6,13-14H,3-4,7-12H2/t13-,14+/m0/s1. The molecule has 1 amide bonds. The molecule has 0 unspecified atom stereocenters. The highest BCUT2D eigenvalue weighted by Crippen LogP contribution is 2.33. The second-order valence-corrected chi connectivity index (χ2v) is 10.5. The third-order valence-electron chi connectivity index (χ3n) is 5.22. The molecule has 4 rings (SSSR count). The first-order valence-electron chi connectivity index (χ1n) is 8.84. The third-order valence-corrected chi connectivity index (χ3v) is 8.26. The van der Waals surface area contributed by atoms with Crippen LogP contribution in [0.2, 0.25) is 0 Å². The summed E-state index contributed by atoms with van der Waals surface area (Å²) in [5.74, 6) is 0.809. The summed E-state index contributed by atoms with van der Waals surface area (Å²) in [7, 11) is -2.92. The van der Waals surface area contributed by atoms with Gasteiger partial charge in [0.25, 0.3) is 0 Å². The number of thiazole rings is 1. The van der Waals surface area contributed by atoms with Crippen LogP contribution >= 0.6 is 11.3 Å². The van der Waals surface area contributed by atoms with Crippen LogP contribution in [0.3, 0.4) is 0 Å². The minimum absolute atomic E-state index is 0.000303. The number of amides is 1. The number of hydrogen-bond acceptors (Lipinski definition) is 5. The lowest BCUT2D eigenvalue weighted by Gasteiger charge is -2.32. The number of para-hydroxylation sites is 1. The van der Waals surface area contributed by atoms with E-state index in [9.17, 15) is 13.2 Å². The van der Waals surface area contributed by atoms with E-state index in [4.69, 9.17) is 4.98 Å². The predicted molar refractivity (Wildman–Crippen MR) is 99.6 cm³/mol. The molecule has 5 nitrogen and oxygen atoms in total. The number of benzene rings is 1. The van der Waals surface area contributed by atoms with Crippen molar-refractivity contribution in [3.8, 4) is 0 Å². The molecular formula is C18H22N2O3S2. The average Bonchev–Trinajstić information content (AvgIpc) is 3.18. The number of hydrogen-bond donors (Lipinski definition) is 0. The van der Waals surface area contributed by atoms with Gasteiger partial charge in [-0.15, -0.1) is 11.3 Å². The first-order valence-corrected chi connectivity index (χ1v) is 11.5. The van der Waals surface area contributed by atoms with Crippen LogP contribution in [-0.4, -0.2) is 48.8 Å². The van der Waals surface area contributed by atoms with E-state index in [0.717, 1.165) is 29.9 Å². The molecule has 2 fully saturated rings. The van der Waals surface area contributed by atoms with Crippen molar-refractivity contribution in [3.05, 3.63) is 29.3 Å². The number of sulfone groups is 1. The fourth-order valence-electron chi connectivity index (χ4n) is 3.88. The fraction of sp³-hybridized carbons (Fsp3) is 0.556. The summed E-state index contributed by atoms with van der Waals surface area (Å²) in [5, 5.41) is 1.11. The van der Waals surface area contributed by atoms with Gasteiger partial charge in [-0.05, 0) is 37.3 Å². The van der Waals surface area contributed by atoms with E-state index in [1.807, 2.05) is 23.1 Å². The molecular weight excluding hydrogens is 356 g/mol. The number of carbonyl (C=O) groups excluding carboxylic acids is 1. The van der Waals surface area contributed by atoms with Crippen LogP contribution in [0.1, 0.15) is 36.6 Å². The zero-order chi connectivity index (χ0) is 17.4. The number of piperidine rings is 1. The van der Waals surface area contributed by atoms with Gasteiger partial charge in [0.05, 0.1) is 26.7 Å². The van der Waals surface area contributed by atoms with Gasteiger partial charge in [-0.1, -0.05) is 12.1 Å². The maximum atomic E-state index is 12.6. The number of aromatic nitrogens is 1. The molecule has 3 heterocycles. The number of likely N-dealkylation sites (tertiary alicyclic amines) is 1. The fourth-order valence-corrected chi connectivity index (χ4v) is 6.83. The first-order chi connectivity index (χ1) is 12.0. The normalized spacial score (nSPS) is 26.2. The molecule has 2 aliphatic heterocycles. The summed E-state index contributed by atoms with van der Waals surface area (Å²) in [6, 6.07) is 8.14. The smallest absolute Gasteiger partial charge is 0.222 e.